The molecule has 1 aromatic heterocycles. The van der Waals surface area contributed by atoms with Gasteiger partial charge in [-0.05, 0) is 32.0 Å². The average Bonchev–Trinajstić information content (AvgIpc) is 3.10. The average molecular weight is 457 g/mol. The molecule has 32 heavy (non-hydrogen) atoms. The molecule has 0 aliphatic heterocycles. The molecule has 2 N–H and O–H groups in total. The lowest BCUT2D eigenvalue weighted by atomic mass is 9.90. The fourth-order valence-electron chi connectivity index (χ4n) is 3.30. The van der Waals surface area contributed by atoms with E-state index in [1.165, 1.54) is 6.92 Å². The van der Waals surface area contributed by atoms with E-state index in [9.17, 15) is 10.1 Å². The molecule has 1 heterocycles. The summed E-state index contributed by atoms with van der Waals surface area (Å²) in [5.41, 5.74) is 2.83. The number of carbonyl (C=O) groups is 1. The van der Waals surface area contributed by atoms with Crippen molar-refractivity contribution < 1.29 is 4.79 Å². The number of nitrogens with one attached hydrogen (secondary N) is 2. The van der Waals surface area contributed by atoms with Gasteiger partial charge in [0, 0.05) is 37.7 Å². The molecule has 0 saturated carbocycles. The Balaban J connectivity index is 2.57. The fraction of sp³-hybridized carbons (Fsp3) is 0.500. The second-order valence-corrected chi connectivity index (χ2v) is 8.75. The number of hydrogen-bond donors (Lipinski definition) is 2. The Bertz CT molecular complexity index is 1010. The maximum Gasteiger partial charge on any atom is 0.221 e. The monoisotopic (exact) mass is 456 g/mol. The maximum atomic E-state index is 11.8. The third-order valence-electron chi connectivity index (χ3n) is 4.89. The summed E-state index contributed by atoms with van der Waals surface area (Å²) in [4.78, 5) is 14.0. The van der Waals surface area contributed by atoms with Crippen LogP contribution in [0.1, 0.15) is 52.8 Å². The second-order valence-electron chi connectivity index (χ2n) is 8.34. The van der Waals surface area contributed by atoms with Crippen LogP contribution in [-0.4, -0.2) is 35.3 Å². The molecule has 10 heteroatoms. The summed E-state index contributed by atoms with van der Waals surface area (Å²) >= 11 is 0. The van der Waals surface area contributed by atoms with Gasteiger partial charge < -0.3 is 10.2 Å². The fourth-order valence-corrected chi connectivity index (χ4v) is 3.43. The van der Waals surface area contributed by atoms with Gasteiger partial charge in [0.2, 0.25) is 5.91 Å². The van der Waals surface area contributed by atoms with Gasteiger partial charge in [0.15, 0.2) is 5.82 Å². The zero-order valence-corrected chi connectivity index (χ0v) is 20.9. The van der Waals surface area contributed by atoms with Crippen LogP contribution >= 0.6 is 9.39 Å². The van der Waals surface area contributed by atoms with E-state index in [0.717, 1.165) is 18.8 Å². The highest BCUT2D eigenvalue weighted by molar-refractivity contribution is 7.13. The van der Waals surface area contributed by atoms with Crippen LogP contribution in [0.25, 0.3) is 0 Å². The lowest BCUT2D eigenvalue weighted by molar-refractivity contribution is -0.114. The van der Waals surface area contributed by atoms with Gasteiger partial charge in [0.1, 0.15) is 17.3 Å². The first kappa shape index (κ1) is 25.4. The Kier molecular flexibility index (Phi) is 8.88. The molecule has 0 bridgehead atoms. The van der Waals surface area contributed by atoms with Crippen molar-refractivity contribution in [2.75, 3.05) is 29.9 Å². The highest BCUT2D eigenvalue weighted by Crippen LogP contribution is 2.35. The zero-order valence-electron chi connectivity index (χ0n) is 19.7. The molecule has 1 atom stereocenters. The molecule has 0 aliphatic rings. The third kappa shape index (κ3) is 6.12. The summed E-state index contributed by atoms with van der Waals surface area (Å²) in [6, 6.07) is 7.92. The summed E-state index contributed by atoms with van der Waals surface area (Å²) in [6.45, 7) is 14.5. The molecule has 2 rings (SSSR count). The Hall–Kier alpha value is -2.82. The number of azo groups is 1. The van der Waals surface area contributed by atoms with Gasteiger partial charge in [0.25, 0.3) is 0 Å². The molecule has 0 spiro atoms. The molecule has 1 unspecified atom stereocenters. The minimum absolute atomic E-state index is 0.192. The van der Waals surface area contributed by atoms with E-state index in [2.05, 4.69) is 59.9 Å². The minimum Gasteiger partial charge on any atom is -0.372 e. The Morgan fingerprint density at radius 1 is 1.28 bits per heavy atom. The quantitative estimate of drug-likeness (QED) is 0.421. The molecule has 0 saturated heterocycles. The van der Waals surface area contributed by atoms with Gasteiger partial charge in [-0.25, -0.2) is 4.68 Å². The van der Waals surface area contributed by atoms with Crippen LogP contribution in [0, 0.1) is 11.3 Å². The van der Waals surface area contributed by atoms with E-state index in [1.54, 1.807) is 4.68 Å². The predicted octanol–water partition coefficient (Wildman–Crippen LogP) is 4.65. The number of anilines is 2. The smallest absolute Gasteiger partial charge is 0.221 e. The van der Waals surface area contributed by atoms with E-state index < -0.39 is 0 Å². The first-order valence-corrected chi connectivity index (χ1v) is 11.3. The van der Waals surface area contributed by atoms with Crippen molar-refractivity contribution in [2.45, 2.75) is 53.5 Å². The number of carbonyl (C=O) groups excluding carboxylic acids is 1. The summed E-state index contributed by atoms with van der Waals surface area (Å²) in [5, 5.41) is 29.2. The van der Waals surface area contributed by atoms with Gasteiger partial charge in [-0.3, -0.25) is 9.88 Å². The number of hydrogen-bond acceptors (Lipinski definition) is 7. The van der Waals surface area contributed by atoms with Gasteiger partial charge >= 0.3 is 0 Å². The van der Waals surface area contributed by atoms with Gasteiger partial charge in [-0.2, -0.15) is 10.4 Å². The number of nitrogens with zero attached hydrogens (tertiary/aromatic N) is 6. The molecule has 0 aliphatic carbocycles. The Morgan fingerprint density at radius 3 is 2.50 bits per heavy atom. The van der Waals surface area contributed by atoms with Crippen LogP contribution in [0.4, 0.5) is 22.9 Å². The van der Waals surface area contributed by atoms with Crippen LogP contribution in [-0.2, 0) is 16.8 Å². The summed E-state index contributed by atoms with van der Waals surface area (Å²) in [5.74, 6) is 0.210. The number of aromatic nitrogens is 2. The van der Waals surface area contributed by atoms with Crippen LogP contribution in [0.15, 0.2) is 28.4 Å². The van der Waals surface area contributed by atoms with Crippen molar-refractivity contribution in [3.05, 3.63) is 29.5 Å². The van der Waals surface area contributed by atoms with Gasteiger partial charge in [-0.1, -0.05) is 30.2 Å². The Morgan fingerprint density at radius 2 is 1.97 bits per heavy atom. The van der Waals surface area contributed by atoms with E-state index in [4.69, 9.17) is 0 Å². The van der Waals surface area contributed by atoms with E-state index in [-0.39, 0.29) is 11.3 Å². The predicted molar refractivity (Wildman–Crippen MR) is 132 cm³/mol. The molecule has 9 nitrogen and oxygen atoms in total. The minimum atomic E-state index is -0.318. The van der Waals surface area contributed by atoms with E-state index in [1.807, 2.05) is 39.0 Å². The molecule has 0 fully saturated rings. The summed E-state index contributed by atoms with van der Waals surface area (Å²) < 4.78 is 1.70. The number of rotatable bonds is 9. The van der Waals surface area contributed by atoms with Crippen molar-refractivity contribution in [2.24, 2.45) is 10.2 Å². The first-order valence-electron chi connectivity index (χ1n) is 10.7. The van der Waals surface area contributed by atoms with Crippen LogP contribution in [0.5, 0.6) is 0 Å². The van der Waals surface area contributed by atoms with E-state index >= 15 is 0 Å². The topological polar surface area (TPSA) is 111 Å². The Labute approximate surface area is 192 Å². The van der Waals surface area contributed by atoms with Crippen LogP contribution < -0.4 is 15.3 Å². The number of amides is 1. The van der Waals surface area contributed by atoms with Crippen molar-refractivity contribution in [3.8, 4) is 6.07 Å². The standard InChI is InChI=1S/C22H33N8OP/c1-7-29(8-2)16-9-10-18(19(13-16)25-15(3)31)26-27-21-17(14-23)20(22(4,5)6)28-30(21)12-11-24-32/h9-10,13,24H,7-8,11-12,32H2,1-6H3,(H,25,31). The third-order valence-corrected chi connectivity index (χ3v) is 5.18. The van der Waals surface area contributed by atoms with E-state index in [0.29, 0.717) is 41.5 Å². The lowest BCUT2D eigenvalue weighted by Gasteiger charge is -2.22. The molecular weight excluding hydrogens is 423 g/mol. The lowest BCUT2D eigenvalue weighted by Crippen LogP contribution is -2.21. The SMILES string of the molecule is CCN(CC)c1ccc(N=Nc2c(C#N)c(C(C)(C)C)nn2CCNP)c(NC(C)=O)c1. The van der Waals surface area contributed by atoms with Gasteiger partial charge in [-0.15, -0.1) is 10.2 Å². The summed E-state index contributed by atoms with van der Waals surface area (Å²) in [6.07, 6.45) is 0. The number of nitriles is 1. The zero-order chi connectivity index (χ0) is 23.9. The highest BCUT2D eigenvalue weighted by atomic mass is 31.0. The molecule has 172 valence electrons. The van der Waals surface area contributed by atoms with Crippen molar-refractivity contribution in [1.29, 1.82) is 5.26 Å². The molecule has 2 aromatic rings. The molecule has 1 aromatic carbocycles. The maximum absolute atomic E-state index is 11.8. The first-order chi connectivity index (χ1) is 15.2. The number of benzene rings is 1. The highest BCUT2D eigenvalue weighted by Gasteiger charge is 2.27. The largest absolute Gasteiger partial charge is 0.372 e. The molecule has 1 amide bonds. The van der Waals surface area contributed by atoms with Crippen molar-refractivity contribution >= 4 is 38.2 Å². The summed E-state index contributed by atoms with van der Waals surface area (Å²) in [7, 11) is 2.45. The van der Waals surface area contributed by atoms with Crippen molar-refractivity contribution in [1.82, 2.24) is 14.9 Å². The van der Waals surface area contributed by atoms with Gasteiger partial charge in [0.05, 0.1) is 17.9 Å². The molecular formula is C22H33N8OP. The van der Waals surface area contributed by atoms with Crippen LogP contribution in [0.2, 0.25) is 0 Å². The second kappa shape index (κ2) is 11.2. The van der Waals surface area contributed by atoms with Crippen LogP contribution in [0.3, 0.4) is 0 Å². The molecule has 0 radical (unpaired) electrons. The normalized spacial score (nSPS) is 11.6. The van der Waals surface area contributed by atoms with Crippen molar-refractivity contribution in [3.63, 3.8) is 0 Å².